The number of hydrogen-bond donors (Lipinski definition) is 0. The fourth-order valence-electron chi connectivity index (χ4n) is 2.39. The Labute approximate surface area is 126 Å². The van der Waals surface area contributed by atoms with Crippen LogP contribution in [0.15, 0.2) is 54.7 Å². The Bertz CT molecular complexity index is 850. The summed E-state index contributed by atoms with van der Waals surface area (Å²) in [5.74, 6) is -1.03. The van der Waals surface area contributed by atoms with Gasteiger partial charge in [0.15, 0.2) is 0 Å². The van der Waals surface area contributed by atoms with Crippen molar-refractivity contribution in [3.05, 3.63) is 70.9 Å². The van der Waals surface area contributed by atoms with Crippen molar-refractivity contribution in [2.45, 2.75) is 0 Å². The van der Waals surface area contributed by atoms with Gasteiger partial charge in [-0.2, -0.15) is 0 Å². The number of ketones is 2. The van der Waals surface area contributed by atoms with E-state index in [4.69, 9.17) is 11.6 Å². The van der Waals surface area contributed by atoms with Crippen LogP contribution in [0.1, 0.15) is 20.7 Å². The summed E-state index contributed by atoms with van der Waals surface area (Å²) in [6.07, 6.45) is 1.67. The number of benzene rings is 2. The number of carbonyl (C=O) groups is 2. The summed E-state index contributed by atoms with van der Waals surface area (Å²) in [6, 6.07) is 13.9. The van der Waals surface area contributed by atoms with Gasteiger partial charge in [0.25, 0.3) is 0 Å². The van der Waals surface area contributed by atoms with Crippen LogP contribution in [-0.2, 0) is 7.05 Å². The molecule has 1 heterocycles. The summed E-state index contributed by atoms with van der Waals surface area (Å²) < 4.78 is 1.82. The quantitative estimate of drug-likeness (QED) is 0.543. The zero-order chi connectivity index (χ0) is 15.0. The SMILES string of the molecule is Cn1cc(C(=O)C(=O)c2ccccc2)c2cc(Cl)ccc21. The van der Waals surface area contributed by atoms with E-state index in [0.29, 0.717) is 21.5 Å². The first kappa shape index (κ1) is 13.6. The van der Waals surface area contributed by atoms with Gasteiger partial charge in [0.1, 0.15) is 0 Å². The Balaban J connectivity index is 2.10. The van der Waals surface area contributed by atoms with Gasteiger partial charge in [0.05, 0.1) is 5.56 Å². The van der Waals surface area contributed by atoms with Crippen LogP contribution in [0.25, 0.3) is 10.9 Å². The minimum atomic E-state index is -0.519. The van der Waals surface area contributed by atoms with Crippen LogP contribution >= 0.6 is 11.6 Å². The molecule has 0 bridgehead atoms. The van der Waals surface area contributed by atoms with Crippen LogP contribution in [0.2, 0.25) is 5.02 Å². The molecule has 0 atom stereocenters. The van der Waals surface area contributed by atoms with Gasteiger partial charge in [-0.15, -0.1) is 0 Å². The van der Waals surface area contributed by atoms with Gasteiger partial charge < -0.3 is 4.57 Å². The fourth-order valence-corrected chi connectivity index (χ4v) is 2.56. The van der Waals surface area contributed by atoms with E-state index in [9.17, 15) is 9.59 Å². The molecule has 4 heteroatoms. The number of nitrogens with zero attached hydrogens (tertiary/aromatic N) is 1. The van der Waals surface area contributed by atoms with Gasteiger partial charge in [-0.3, -0.25) is 9.59 Å². The standard InChI is InChI=1S/C17H12ClNO2/c1-19-10-14(13-9-12(18)7-8-15(13)19)17(21)16(20)11-5-3-2-4-6-11/h2-10H,1H3. The Morgan fingerprint density at radius 2 is 1.71 bits per heavy atom. The van der Waals surface area contributed by atoms with E-state index in [1.54, 1.807) is 48.7 Å². The smallest absolute Gasteiger partial charge is 0.235 e. The first-order chi connectivity index (χ1) is 10.1. The molecule has 21 heavy (non-hydrogen) atoms. The second-order valence-electron chi connectivity index (χ2n) is 4.84. The first-order valence-electron chi connectivity index (χ1n) is 6.46. The average molecular weight is 298 g/mol. The minimum Gasteiger partial charge on any atom is -0.350 e. The molecule has 3 nitrogen and oxygen atoms in total. The van der Waals surface area contributed by atoms with Gasteiger partial charge in [0.2, 0.25) is 11.6 Å². The molecule has 3 aromatic rings. The van der Waals surface area contributed by atoms with Crippen molar-refractivity contribution in [1.29, 1.82) is 0 Å². The van der Waals surface area contributed by atoms with Crippen LogP contribution in [-0.4, -0.2) is 16.1 Å². The van der Waals surface area contributed by atoms with E-state index < -0.39 is 11.6 Å². The largest absolute Gasteiger partial charge is 0.350 e. The van der Waals surface area contributed by atoms with Crippen molar-refractivity contribution >= 4 is 34.1 Å². The maximum Gasteiger partial charge on any atom is 0.235 e. The highest BCUT2D eigenvalue weighted by atomic mass is 35.5. The Kier molecular flexibility index (Phi) is 3.35. The third-order valence-corrected chi connectivity index (χ3v) is 3.67. The van der Waals surface area contributed by atoms with Crippen molar-refractivity contribution in [2.75, 3.05) is 0 Å². The van der Waals surface area contributed by atoms with E-state index >= 15 is 0 Å². The number of rotatable bonds is 3. The number of aryl methyl sites for hydroxylation is 1. The van der Waals surface area contributed by atoms with Crippen LogP contribution in [0.4, 0.5) is 0 Å². The zero-order valence-corrected chi connectivity index (χ0v) is 12.1. The number of hydrogen-bond acceptors (Lipinski definition) is 2. The molecule has 3 rings (SSSR count). The van der Waals surface area contributed by atoms with Gasteiger partial charge >= 0.3 is 0 Å². The lowest BCUT2D eigenvalue weighted by atomic mass is 10.0. The molecule has 0 amide bonds. The molecule has 0 fully saturated rings. The lowest BCUT2D eigenvalue weighted by molar-refractivity contribution is 0.0818. The lowest BCUT2D eigenvalue weighted by Crippen LogP contribution is -2.14. The fraction of sp³-hybridized carbons (Fsp3) is 0.0588. The highest BCUT2D eigenvalue weighted by Crippen LogP contribution is 2.25. The molecule has 0 aliphatic carbocycles. The molecule has 0 radical (unpaired) electrons. The van der Waals surface area contributed by atoms with E-state index in [2.05, 4.69) is 0 Å². The van der Waals surface area contributed by atoms with Crippen LogP contribution in [0.5, 0.6) is 0 Å². The third kappa shape index (κ3) is 2.36. The van der Waals surface area contributed by atoms with Crippen molar-refractivity contribution in [2.24, 2.45) is 7.05 Å². The van der Waals surface area contributed by atoms with Crippen LogP contribution in [0.3, 0.4) is 0 Å². The maximum atomic E-state index is 12.5. The number of carbonyl (C=O) groups excluding carboxylic acids is 2. The molecule has 0 saturated heterocycles. The van der Waals surface area contributed by atoms with Crippen molar-refractivity contribution in [3.63, 3.8) is 0 Å². The summed E-state index contributed by atoms with van der Waals surface area (Å²) in [5, 5.41) is 1.23. The molecule has 2 aromatic carbocycles. The van der Waals surface area contributed by atoms with E-state index in [-0.39, 0.29) is 0 Å². The lowest BCUT2D eigenvalue weighted by Gasteiger charge is -1.99. The molecule has 104 valence electrons. The molecule has 0 saturated carbocycles. The predicted octanol–water partition coefficient (Wildman–Crippen LogP) is 3.90. The van der Waals surface area contributed by atoms with Gasteiger partial charge in [-0.05, 0) is 18.2 Å². The Morgan fingerprint density at radius 3 is 2.43 bits per heavy atom. The molecule has 0 aliphatic rings. The maximum absolute atomic E-state index is 12.5. The molecule has 1 aromatic heterocycles. The second kappa shape index (κ2) is 5.19. The zero-order valence-electron chi connectivity index (χ0n) is 11.3. The predicted molar refractivity (Wildman–Crippen MR) is 83.0 cm³/mol. The summed E-state index contributed by atoms with van der Waals surface area (Å²) in [5.41, 5.74) is 1.63. The van der Waals surface area contributed by atoms with E-state index in [1.807, 2.05) is 17.7 Å². The topological polar surface area (TPSA) is 39.1 Å². The highest BCUT2D eigenvalue weighted by molar-refractivity contribution is 6.51. The van der Waals surface area contributed by atoms with Crippen LogP contribution < -0.4 is 0 Å². The van der Waals surface area contributed by atoms with Gasteiger partial charge in [0, 0.05) is 34.7 Å². The Morgan fingerprint density at radius 1 is 1.00 bits per heavy atom. The molecule has 0 spiro atoms. The van der Waals surface area contributed by atoms with Crippen molar-refractivity contribution in [1.82, 2.24) is 4.57 Å². The average Bonchev–Trinajstić information content (AvgIpc) is 2.83. The number of halogens is 1. The molecule has 0 unspecified atom stereocenters. The molecule has 0 N–H and O–H groups in total. The summed E-state index contributed by atoms with van der Waals surface area (Å²) in [6.45, 7) is 0. The summed E-state index contributed by atoms with van der Waals surface area (Å²) in [4.78, 5) is 24.8. The summed E-state index contributed by atoms with van der Waals surface area (Å²) >= 11 is 6.00. The Hall–Kier alpha value is -2.39. The summed E-state index contributed by atoms with van der Waals surface area (Å²) in [7, 11) is 1.83. The number of Topliss-reactive ketones (excluding diaryl/α,β-unsaturated/α-hetero) is 2. The van der Waals surface area contributed by atoms with Crippen LogP contribution in [0, 0.1) is 0 Å². The van der Waals surface area contributed by atoms with Gasteiger partial charge in [-0.25, -0.2) is 0 Å². The van der Waals surface area contributed by atoms with Gasteiger partial charge in [-0.1, -0.05) is 41.9 Å². The van der Waals surface area contributed by atoms with E-state index in [1.165, 1.54) is 0 Å². The van der Waals surface area contributed by atoms with Crippen molar-refractivity contribution < 1.29 is 9.59 Å². The number of aromatic nitrogens is 1. The highest BCUT2D eigenvalue weighted by Gasteiger charge is 2.22. The molecular formula is C17H12ClNO2. The normalized spacial score (nSPS) is 10.8. The van der Waals surface area contributed by atoms with E-state index in [0.717, 1.165) is 5.52 Å². The number of fused-ring (bicyclic) bond motifs is 1. The third-order valence-electron chi connectivity index (χ3n) is 3.44. The van der Waals surface area contributed by atoms with Crippen molar-refractivity contribution in [3.8, 4) is 0 Å². The first-order valence-corrected chi connectivity index (χ1v) is 6.84. The monoisotopic (exact) mass is 297 g/mol. The minimum absolute atomic E-state index is 0.379. The molecule has 0 aliphatic heterocycles. The second-order valence-corrected chi connectivity index (χ2v) is 5.28. The molecular weight excluding hydrogens is 286 g/mol.